The van der Waals surface area contributed by atoms with E-state index in [-0.39, 0.29) is 12.5 Å². The molecule has 0 fully saturated rings. The summed E-state index contributed by atoms with van der Waals surface area (Å²) < 4.78 is 10.4. The van der Waals surface area contributed by atoms with Gasteiger partial charge < -0.3 is 19.9 Å². The molecule has 0 aromatic heterocycles. The predicted octanol–water partition coefficient (Wildman–Crippen LogP) is 1.55. The van der Waals surface area contributed by atoms with Crippen LogP contribution in [0.25, 0.3) is 0 Å². The van der Waals surface area contributed by atoms with Crippen molar-refractivity contribution in [1.29, 1.82) is 0 Å². The topological polar surface area (TPSA) is 84.9 Å². The van der Waals surface area contributed by atoms with Crippen LogP contribution in [0.5, 0.6) is 5.75 Å². The third-order valence-electron chi connectivity index (χ3n) is 2.85. The van der Waals surface area contributed by atoms with Crippen molar-refractivity contribution in [2.75, 3.05) is 26.9 Å². The summed E-state index contributed by atoms with van der Waals surface area (Å²) in [6.07, 6.45) is 0.767. The van der Waals surface area contributed by atoms with Crippen LogP contribution in [0, 0.1) is 5.92 Å². The lowest BCUT2D eigenvalue weighted by molar-refractivity contribution is -0.140. The lowest BCUT2D eigenvalue weighted by Gasteiger charge is -2.10. The quantitative estimate of drug-likeness (QED) is 0.675. The van der Waals surface area contributed by atoms with Gasteiger partial charge in [0.25, 0.3) is 5.91 Å². The van der Waals surface area contributed by atoms with Gasteiger partial charge in [-0.15, -0.1) is 0 Å². The number of carbonyl (C=O) groups is 2. The van der Waals surface area contributed by atoms with Gasteiger partial charge in [-0.3, -0.25) is 9.59 Å². The molecule has 1 aromatic rings. The van der Waals surface area contributed by atoms with Gasteiger partial charge in [-0.2, -0.15) is 0 Å². The SMILES string of the molecule is COCCCOc1cccc(C(=O)NC[C@@H](C)C(=O)O)c1. The molecule has 0 radical (unpaired) electrons. The minimum Gasteiger partial charge on any atom is -0.493 e. The monoisotopic (exact) mass is 295 g/mol. The third-order valence-corrected chi connectivity index (χ3v) is 2.85. The average molecular weight is 295 g/mol. The number of methoxy groups -OCH3 is 1. The lowest BCUT2D eigenvalue weighted by atomic mass is 10.1. The Morgan fingerprint density at radius 1 is 1.33 bits per heavy atom. The minimum atomic E-state index is -0.939. The first-order chi connectivity index (χ1) is 10.0. The first-order valence-corrected chi connectivity index (χ1v) is 6.77. The number of carboxylic acid groups (broad SMARTS) is 1. The summed E-state index contributed by atoms with van der Waals surface area (Å²) in [5, 5.41) is 11.4. The van der Waals surface area contributed by atoms with E-state index in [0.29, 0.717) is 24.5 Å². The van der Waals surface area contributed by atoms with Gasteiger partial charge in [0.05, 0.1) is 12.5 Å². The second kappa shape index (κ2) is 8.97. The molecule has 6 heteroatoms. The van der Waals surface area contributed by atoms with E-state index >= 15 is 0 Å². The van der Waals surface area contributed by atoms with Gasteiger partial charge >= 0.3 is 5.97 Å². The summed E-state index contributed by atoms with van der Waals surface area (Å²) in [7, 11) is 1.63. The van der Waals surface area contributed by atoms with Crippen molar-refractivity contribution in [2.45, 2.75) is 13.3 Å². The highest BCUT2D eigenvalue weighted by Gasteiger charge is 2.13. The van der Waals surface area contributed by atoms with E-state index in [1.807, 2.05) is 0 Å². The van der Waals surface area contributed by atoms with Crippen molar-refractivity contribution in [3.8, 4) is 5.75 Å². The van der Waals surface area contributed by atoms with Gasteiger partial charge in [0, 0.05) is 32.2 Å². The van der Waals surface area contributed by atoms with Crippen LogP contribution in [0.1, 0.15) is 23.7 Å². The maximum absolute atomic E-state index is 11.9. The van der Waals surface area contributed by atoms with Crippen molar-refractivity contribution in [2.24, 2.45) is 5.92 Å². The van der Waals surface area contributed by atoms with Crippen molar-refractivity contribution < 1.29 is 24.2 Å². The molecule has 1 atom stereocenters. The molecule has 1 amide bonds. The highest BCUT2D eigenvalue weighted by Crippen LogP contribution is 2.13. The number of nitrogens with one attached hydrogen (secondary N) is 1. The van der Waals surface area contributed by atoms with Crippen molar-refractivity contribution in [3.63, 3.8) is 0 Å². The number of aliphatic carboxylic acids is 1. The zero-order valence-electron chi connectivity index (χ0n) is 12.3. The molecule has 0 spiro atoms. The normalized spacial score (nSPS) is 11.7. The van der Waals surface area contributed by atoms with E-state index in [4.69, 9.17) is 14.6 Å². The number of carbonyl (C=O) groups excluding carboxylic acids is 1. The van der Waals surface area contributed by atoms with Gasteiger partial charge in [-0.05, 0) is 18.2 Å². The number of carboxylic acids is 1. The minimum absolute atomic E-state index is 0.0904. The van der Waals surface area contributed by atoms with Gasteiger partial charge in [-0.25, -0.2) is 0 Å². The molecule has 0 saturated carbocycles. The fourth-order valence-electron chi connectivity index (χ4n) is 1.56. The molecular formula is C15H21NO5. The third kappa shape index (κ3) is 6.27. The van der Waals surface area contributed by atoms with E-state index in [0.717, 1.165) is 6.42 Å². The molecule has 1 aromatic carbocycles. The zero-order valence-corrected chi connectivity index (χ0v) is 12.3. The maximum atomic E-state index is 11.9. The molecule has 116 valence electrons. The highest BCUT2D eigenvalue weighted by molar-refractivity contribution is 5.94. The summed E-state index contributed by atoms with van der Waals surface area (Å²) in [6, 6.07) is 6.78. The summed E-state index contributed by atoms with van der Waals surface area (Å²) in [4.78, 5) is 22.6. The van der Waals surface area contributed by atoms with E-state index in [2.05, 4.69) is 5.32 Å². The molecule has 0 heterocycles. The summed E-state index contributed by atoms with van der Waals surface area (Å²) >= 11 is 0. The van der Waals surface area contributed by atoms with Crippen LogP contribution in [0.15, 0.2) is 24.3 Å². The molecule has 0 saturated heterocycles. The first kappa shape index (κ1) is 17.0. The van der Waals surface area contributed by atoms with Crippen LogP contribution in [0.3, 0.4) is 0 Å². The van der Waals surface area contributed by atoms with E-state index in [9.17, 15) is 9.59 Å². The maximum Gasteiger partial charge on any atom is 0.308 e. The van der Waals surface area contributed by atoms with Crippen LogP contribution in [0.4, 0.5) is 0 Å². The molecule has 2 N–H and O–H groups in total. The van der Waals surface area contributed by atoms with Crippen LogP contribution in [-0.4, -0.2) is 43.9 Å². The van der Waals surface area contributed by atoms with Crippen LogP contribution < -0.4 is 10.1 Å². The lowest BCUT2D eigenvalue weighted by Crippen LogP contribution is -2.31. The fourth-order valence-corrected chi connectivity index (χ4v) is 1.56. The number of benzene rings is 1. The van der Waals surface area contributed by atoms with Crippen molar-refractivity contribution in [1.82, 2.24) is 5.32 Å². The van der Waals surface area contributed by atoms with Crippen LogP contribution >= 0.6 is 0 Å². The number of hydrogen-bond acceptors (Lipinski definition) is 4. The Hall–Kier alpha value is -2.08. The molecule has 21 heavy (non-hydrogen) atoms. The Kier molecular flexibility index (Phi) is 7.25. The molecule has 0 bridgehead atoms. The Labute approximate surface area is 124 Å². The molecule has 6 nitrogen and oxygen atoms in total. The summed E-state index contributed by atoms with van der Waals surface area (Å²) in [5.41, 5.74) is 0.442. The van der Waals surface area contributed by atoms with E-state index in [1.165, 1.54) is 6.92 Å². The molecular weight excluding hydrogens is 274 g/mol. The smallest absolute Gasteiger partial charge is 0.308 e. The number of ether oxygens (including phenoxy) is 2. The van der Waals surface area contributed by atoms with Crippen LogP contribution in [-0.2, 0) is 9.53 Å². The standard InChI is InChI=1S/C15H21NO5/c1-11(15(18)19)10-16-14(17)12-5-3-6-13(9-12)21-8-4-7-20-2/h3,5-6,9,11H,4,7-8,10H2,1-2H3,(H,16,17)(H,18,19)/t11-/m1/s1. The Morgan fingerprint density at radius 3 is 2.76 bits per heavy atom. The number of hydrogen-bond donors (Lipinski definition) is 2. The van der Waals surface area contributed by atoms with Crippen molar-refractivity contribution >= 4 is 11.9 Å². The predicted molar refractivity (Wildman–Crippen MR) is 77.6 cm³/mol. The van der Waals surface area contributed by atoms with E-state index < -0.39 is 11.9 Å². The zero-order chi connectivity index (χ0) is 15.7. The fraction of sp³-hybridized carbons (Fsp3) is 0.467. The second-order valence-corrected chi connectivity index (χ2v) is 4.67. The highest BCUT2D eigenvalue weighted by atomic mass is 16.5. The Morgan fingerprint density at radius 2 is 2.10 bits per heavy atom. The summed E-state index contributed by atoms with van der Waals surface area (Å²) in [6.45, 7) is 2.76. The summed E-state index contributed by atoms with van der Waals surface area (Å²) in [5.74, 6) is -1.27. The van der Waals surface area contributed by atoms with E-state index in [1.54, 1.807) is 31.4 Å². The molecule has 0 aliphatic carbocycles. The average Bonchev–Trinajstić information content (AvgIpc) is 2.49. The number of amides is 1. The Bertz CT molecular complexity index is 475. The van der Waals surface area contributed by atoms with Gasteiger partial charge in [0.15, 0.2) is 0 Å². The molecule has 0 aliphatic heterocycles. The second-order valence-electron chi connectivity index (χ2n) is 4.67. The largest absolute Gasteiger partial charge is 0.493 e. The Balaban J connectivity index is 2.50. The molecule has 1 rings (SSSR count). The molecule has 0 unspecified atom stereocenters. The molecule has 0 aliphatic rings. The number of rotatable bonds is 9. The van der Waals surface area contributed by atoms with Gasteiger partial charge in [0.1, 0.15) is 5.75 Å². The van der Waals surface area contributed by atoms with Gasteiger partial charge in [0.2, 0.25) is 0 Å². The van der Waals surface area contributed by atoms with Crippen molar-refractivity contribution in [3.05, 3.63) is 29.8 Å². The van der Waals surface area contributed by atoms with Crippen LogP contribution in [0.2, 0.25) is 0 Å². The first-order valence-electron chi connectivity index (χ1n) is 6.77. The van der Waals surface area contributed by atoms with Gasteiger partial charge in [-0.1, -0.05) is 13.0 Å².